The van der Waals surface area contributed by atoms with Crippen LogP contribution in [0.5, 0.6) is 11.5 Å². The van der Waals surface area contributed by atoms with Crippen molar-refractivity contribution < 1.29 is 51.9 Å². The van der Waals surface area contributed by atoms with Crippen molar-refractivity contribution in [1.29, 1.82) is 0 Å². The van der Waals surface area contributed by atoms with E-state index in [1.165, 1.54) is 18.2 Å². The van der Waals surface area contributed by atoms with E-state index in [0.29, 0.717) is 25.2 Å². The van der Waals surface area contributed by atoms with Gasteiger partial charge in [0.2, 0.25) is 16.8 Å². The summed E-state index contributed by atoms with van der Waals surface area (Å²) in [7, 11) is -4.30. The minimum Gasteiger partial charge on any atom is -0.530 e. The molecule has 2 saturated heterocycles. The van der Waals surface area contributed by atoms with Crippen molar-refractivity contribution in [2.45, 2.75) is 82.4 Å². The molecule has 5 atom stereocenters. The Morgan fingerprint density at radius 1 is 1.10 bits per heavy atom. The second-order valence-electron chi connectivity index (χ2n) is 13.8. The van der Waals surface area contributed by atoms with E-state index in [0.717, 1.165) is 14.8 Å². The van der Waals surface area contributed by atoms with Crippen molar-refractivity contribution in [3.05, 3.63) is 54.1 Å². The summed E-state index contributed by atoms with van der Waals surface area (Å²) in [6, 6.07) is 11.5. The van der Waals surface area contributed by atoms with Gasteiger partial charge < -0.3 is 48.9 Å². The molecule has 49 heavy (non-hydrogen) atoms. The molecule has 270 valence electrons. The number of hydrogen-bond donors (Lipinski definition) is 2. The van der Waals surface area contributed by atoms with Crippen LogP contribution in [0.3, 0.4) is 0 Å². The lowest BCUT2D eigenvalue weighted by atomic mass is 9.89. The summed E-state index contributed by atoms with van der Waals surface area (Å²) < 4.78 is 57.5. The maximum Gasteiger partial charge on any atom is 0.407 e. The van der Waals surface area contributed by atoms with E-state index in [1.54, 1.807) is 0 Å². The number of hydrogen-bond acceptors (Lipinski definition) is 11. The summed E-state index contributed by atoms with van der Waals surface area (Å²) in [5.74, 6) is 0.414. The number of amides is 2. The first-order valence-corrected chi connectivity index (χ1v) is 18.0. The number of carbonyl (C=O) groups is 2. The molecule has 2 aromatic carbocycles. The van der Waals surface area contributed by atoms with Gasteiger partial charge in [0.1, 0.15) is 6.09 Å². The first-order valence-electron chi connectivity index (χ1n) is 16.5. The largest absolute Gasteiger partial charge is 0.530 e. The zero-order valence-electron chi connectivity index (χ0n) is 28.3. The Bertz CT molecular complexity index is 1560. The molecule has 0 saturated carbocycles. The molecule has 0 unspecified atom stereocenters. The third-order valence-electron chi connectivity index (χ3n) is 9.06. The van der Waals surface area contributed by atoms with E-state index >= 15 is 0 Å². The molecule has 2 amide bonds. The van der Waals surface area contributed by atoms with Gasteiger partial charge in [-0.1, -0.05) is 44.2 Å². The number of sulfonamides is 1. The van der Waals surface area contributed by atoms with Crippen LogP contribution < -0.4 is 19.9 Å². The third kappa shape index (κ3) is 8.94. The van der Waals surface area contributed by atoms with E-state index < -0.39 is 58.6 Å². The standard InChI is InChI=1S/C34H47N3O11S/c1-22(2)35-32(39)45-15-13-34(3,4)20-36(49(42,43)24-10-11-29-30(17-24)48-21-47-29)18-28(38)26(16-23-8-6-5-7-9-23)37(33(40)41)27-19-46-31-25(27)12-14-44-31/h5-11,17,22,25-28,31,38H,12-16,18-21H2,1-4H3,(H,35,39)(H,40,41)/p-1/t25-,26-,27-,28+,31+/m0/s1. The molecular formula is C34H46N3O11S-. The van der Waals surface area contributed by atoms with Crippen LogP contribution in [0.15, 0.2) is 53.4 Å². The first-order chi connectivity index (χ1) is 23.2. The Balaban J connectivity index is 1.45. The number of benzene rings is 2. The number of carboxylic acid groups (broad SMARTS) is 1. The molecule has 3 aliphatic heterocycles. The molecular weight excluding hydrogens is 658 g/mol. The number of aliphatic hydroxyl groups is 1. The number of alkyl carbamates (subject to hydrolysis) is 1. The predicted octanol–water partition coefficient (Wildman–Crippen LogP) is 2.34. The molecule has 2 N–H and O–H groups in total. The SMILES string of the molecule is CC(C)NC(=O)OCCC(C)(C)CN(C[C@@H](O)[C@H](Cc1ccccc1)N(C(=O)[O-])[C@H]1CO[C@H]2OCC[C@H]21)S(=O)(=O)c1ccc2c(c1)OCO2. The van der Waals surface area contributed by atoms with Crippen molar-refractivity contribution in [2.24, 2.45) is 11.3 Å². The molecule has 3 aliphatic rings. The molecule has 0 radical (unpaired) electrons. The van der Waals surface area contributed by atoms with E-state index in [9.17, 15) is 28.2 Å². The summed E-state index contributed by atoms with van der Waals surface area (Å²) in [5.41, 5.74) is -0.00368. The van der Waals surface area contributed by atoms with Crippen LogP contribution in [-0.2, 0) is 30.7 Å². The van der Waals surface area contributed by atoms with Crippen molar-refractivity contribution in [3.63, 3.8) is 0 Å². The predicted molar refractivity (Wildman–Crippen MR) is 174 cm³/mol. The van der Waals surface area contributed by atoms with Crippen LogP contribution in [0.4, 0.5) is 9.59 Å². The van der Waals surface area contributed by atoms with Crippen LogP contribution in [0, 0.1) is 11.3 Å². The quantitative estimate of drug-likeness (QED) is 0.278. The third-order valence-corrected chi connectivity index (χ3v) is 10.9. The number of rotatable bonds is 15. The topological polar surface area (TPSA) is 176 Å². The highest BCUT2D eigenvalue weighted by Gasteiger charge is 2.47. The lowest BCUT2D eigenvalue weighted by molar-refractivity contribution is -0.273. The number of nitrogens with one attached hydrogen (secondary N) is 1. The number of ether oxygens (including phenoxy) is 5. The van der Waals surface area contributed by atoms with Gasteiger partial charge in [-0.2, -0.15) is 4.31 Å². The van der Waals surface area contributed by atoms with E-state index in [4.69, 9.17) is 23.7 Å². The Morgan fingerprint density at radius 2 is 1.84 bits per heavy atom. The van der Waals surface area contributed by atoms with E-state index in [2.05, 4.69) is 5.32 Å². The first kappa shape index (κ1) is 36.6. The molecule has 2 aromatic rings. The second-order valence-corrected chi connectivity index (χ2v) is 15.7. The lowest BCUT2D eigenvalue weighted by Gasteiger charge is -2.43. The second kappa shape index (κ2) is 15.5. The maximum absolute atomic E-state index is 14.4. The molecule has 3 heterocycles. The van der Waals surface area contributed by atoms with Crippen LogP contribution >= 0.6 is 0 Å². The normalized spacial score (nSPS) is 21.4. The van der Waals surface area contributed by atoms with E-state index in [1.807, 2.05) is 58.0 Å². The summed E-state index contributed by atoms with van der Waals surface area (Å²) >= 11 is 0. The molecule has 0 aliphatic carbocycles. The van der Waals surface area contributed by atoms with Gasteiger partial charge in [0.05, 0.1) is 42.9 Å². The average Bonchev–Trinajstić information content (AvgIpc) is 3.78. The van der Waals surface area contributed by atoms with Crippen molar-refractivity contribution in [2.75, 3.05) is 39.7 Å². The van der Waals surface area contributed by atoms with E-state index in [-0.39, 0.29) is 55.6 Å². The van der Waals surface area contributed by atoms with Gasteiger partial charge in [-0.3, -0.25) is 0 Å². The number of aliphatic hydroxyl groups excluding tert-OH is 1. The smallest absolute Gasteiger partial charge is 0.407 e. The Hall–Kier alpha value is -3.63. The zero-order valence-corrected chi connectivity index (χ0v) is 29.1. The van der Waals surface area contributed by atoms with Gasteiger partial charge in [0.25, 0.3) is 0 Å². The fourth-order valence-corrected chi connectivity index (χ4v) is 8.20. The minimum absolute atomic E-state index is 0.0212. The summed E-state index contributed by atoms with van der Waals surface area (Å²) in [5, 5.41) is 27.6. The van der Waals surface area contributed by atoms with Crippen molar-refractivity contribution >= 4 is 22.2 Å². The van der Waals surface area contributed by atoms with Gasteiger partial charge in [-0.05, 0) is 56.2 Å². The van der Waals surface area contributed by atoms with Crippen molar-refractivity contribution in [3.8, 4) is 11.5 Å². The highest BCUT2D eigenvalue weighted by Crippen LogP contribution is 2.38. The minimum atomic E-state index is -4.30. The maximum atomic E-state index is 14.4. The average molecular weight is 705 g/mol. The highest BCUT2D eigenvalue weighted by atomic mass is 32.2. The fraction of sp³-hybridized carbons (Fsp3) is 0.588. The fourth-order valence-electron chi connectivity index (χ4n) is 6.54. The molecule has 0 aromatic heterocycles. The van der Waals surface area contributed by atoms with Crippen LogP contribution in [0.25, 0.3) is 0 Å². The molecule has 14 nitrogen and oxygen atoms in total. The molecule has 5 rings (SSSR count). The lowest BCUT2D eigenvalue weighted by Crippen LogP contribution is -2.61. The Labute approximate surface area is 287 Å². The van der Waals surface area contributed by atoms with Gasteiger partial charge in [-0.25, -0.2) is 13.2 Å². The number of nitrogens with zero attached hydrogens (tertiary/aromatic N) is 2. The van der Waals surface area contributed by atoms with Crippen LogP contribution in [0.2, 0.25) is 0 Å². The van der Waals surface area contributed by atoms with Crippen LogP contribution in [-0.4, -0.2) is 105 Å². The van der Waals surface area contributed by atoms with Crippen LogP contribution in [0.1, 0.15) is 46.1 Å². The summed E-state index contributed by atoms with van der Waals surface area (Å²) in [6.07, 6.45) is -3.18. The van der Waals surface area contributed by atoms with Gasteiger partial charge in [-0.15, -0.1) is 0 Å². The van der Waals surface area contributed by atoms with Gasteiger partial charge in [0.15, 0.2) is 17.8 Å². The highest BCUT2D eigenvalue weighted by molar-refractivity contribution is 7.89. The molecule has 0 spiro atoms. The monoisotopic (exact) mass is 704 g/mol. The molecule has 15 heteroatoms. The number of fused-ring (bicyclic) bond motifs is 2. The van der Waals surface area contributed by atoms with Crippen molar-refractivity contribution in [1.82, 2.24) is 14.5 Å². The zero-order chi connectivity index (χ0) is 35.3. The summed E-state index contributed by atoms with van der Waals surface area (Å²) in [6.45, 7) is 7.18. The van der Waals surface area contributed by atoms with Gasteiger partial charge in [0, 0.05) is 31.1 Å². The number of carbonyl (C=O) groups excluding carboxylic acids is 2. The molecule has 2 fully saturated rings. The molecule has 0 bridgehead atoms. The van der Waals surface area contributed by atoms with Gasteiger partial charge >= 0.3 is 6.09 Å². The Morgan fingerprint density at radius 3 is 2.55 bits per heavy atom. The summed E-state index contributed by atoms with van der Waals surface area (Å²) in [4.78, 5) is 26.0. The Kier molecular flexibility index (Phi) is 11.6.